The third-order valence-electron chi connectivity index (χ3n) is 2.19. The molecule has 1 N–H and O–H groups in total. The van der Waals surface area contributed by atoms with E-state index in [0.717, 1.165) is 13.0 Å². The maximum absolute atomic E-state index is 8.58. The molecule has 0 aliphatic carbocycles. The summed E-state index contributed by atoms with van der Waals surface area (Å²) in [7, 11) is 0. The van der Waals surface area contributed by atoms with Gasteiger partial charge in [-0.3, -0.25) is 0 Å². The zero-order valence-electron chi connectivity index (χ0n) is 8.71. The summed E-state index contributed by atoms with van der Waals surface area (Å²) in [5.74, 6) is 0. The van der Waals surface area contributed by atoms with Crippen LogP contribution in [0.2, 0.25) is 0 Å². The highest BCUT2D eigenvalue weighted by molar-refractivity contribution is 7.11. The Hall–Kier alpha value is -0.850. The van der Waals surface area contributed by atoms with E-state index in [1.807, 2.05) is 11.3 Å². The number of nitrogens with zero attached hydrogens (tertiary/aromatic N) is 1. The highest BCUT2D eigenvalue weighted by Crippen LogP contribution is 2.14. The topological polar surface area (TPSA) is 35.8 Å². The van der Waals surface area contributed by atoms with Gasteiger partial charge in [0.15, 0.2) is 0 Å². The lowest BCUT2D eigenvalue weighted by atomic mass is 10.2. The Kier molecular flexibility index (Phi) is 4.64. The molecule has 0 aromatic carbocycles. The van der Waals surface area contributed by atoms with E-state index in [9.17, 15) is 0 Å². The average Bonchev–Trinajstić information content (AvgIpc) is 2.59. The van der Waals surface area contributed by atoms with E-state index in [1.54, 1.807) is 0 Å². The van der Waals surface area contributed by atoms with Gasteiger partial charge in [-0.05, 0) is 25.5 Å². The van der Waals surface area contributed by atoms with Crippen molar-refractivity contribution in [2.75, 3.05) is 0 Å². The molecule has 0 aliphatic rings. The first-order valence-corrected chi connectivity index (χ1v) is 5.73. The second kappa shape index (κ2) is 5.79. The molecule has 0 aliphatic heterocycles. The first-order valence-electron chi connectivity index (χ1n) is 4.92. The van der Waals surface area contributed by atoms with Gasteiger partial charge < -0.3 is 5.32 Å². The van der Waals surface area contributed by atoms with E-state index in [0.29, 0.717) is 12.5 Å². The fourth-order valence-corrected chi connectivity index (χ4v) is 2.14. The fraction of sp³-hybridized carbons (Fsp3) is 0.545. The van der Waals surface area contributed by atoms with Crippen LogP contribution in [0.15, 0.2) is 12.1 Å². The lowest BCUT2D eigenvalue weighted by Crippen LogP contribution is -2.26. The standard InChI is InChI=1S/C11H16N2S/c1-3-10(6-7-12)13-8-11-5-4-9(2)14-11/h4-5,10,13H,3,6,8H2,1-2H3. The maximum Gasteiger partial charge on any atom is 0.0638 e. The van der Waals surface area contributed by atoms with Crippen LogP contribution in [0.4, 0.5) is 0 Å². The molecule has 2 nitrogen and oxygen atoms in total. The lowest BCUT2D eigenvalue weighted by molar-refractivity contribution is 0.507. The quantitative estimate of drug-likeness (QED) is 0.807. The van der Waals surface area contributed by atoms with Crippen molar-refractivity contribution in [3.8, 4) is 6.07 Å². The first-order chi connectivity index (χ1) is 6.76. The molecule has 3 heteroatoms. The summed E-state index contributed by atoms with van der Waals surface area (Å²) in [6.45, 7) is 5.11. The van der Waals surface area contributed by atoms with Gasteiger partial charge >= 0.3 is 0 Å². The monoisotopic (exact) mass is 208 g/mol. The maximum atomic E-state index is 8.58. The molecule has 0 saturated heterocycles. The van der Waals surface area contributed by atoms with Gasteiger partial charge in [-0.1, -0.05) is 6.92 Å². The van der Waals surface area contributed by atoms with Crippen molar-refractivity contribution in [3.05, 3.63) is 21.9 Å². The van der Waals surface area contributed by atoms with Crippen LogP contribution in [-0.4, -0.2) is 6.04 Å². The number of nitrogens with one attached hydrogen (secondary N) is 1. The van der Waals surface area contributed by atoms with Crippen LogP contribution in [0, 0.1) is 18.3 Å². The molecule has 76 valence electrons. The third kappa shape index (κ3) is 3.49. The minimum absolute atomic E-state index is 0.336. The molecule has 0 radical (unpaired) electrons. The predicted molar refractivity (Wildman–Crippen MR) is 60.2 cm³/mol. The van der Waals surface area contributed by atoms with Gasteiger partial charge in [-0.25, -0.2) is 0 Å². The van der Waals surface area contributed by atoms with Crippen LogP contribution in [-0.2, 0) is 6.54 Å². The van der Waals surface area contributed by atoms with E-state index in [2.05, 4.69) is 37.4 Å². The Morgan fingerprint density at radius 2 is 2.36 bits per heavy atom. The Balaban J connectivity index is 2.36. The SMILES string of the molecule is CCC(CC#N)NCc1ccc(C)s1. The van der Waals surface area contributed by atoms with Gasteiger partial charge in [0.1, 0.15) is 0 Å². The summed E-state index contributed by atoms with van der Waals surface area (Å²) in [5.41, 5.74) is 0. The summed E-state index contributed by atoms with van der Waals surface area (Å²) in [4.78, 5) is 2.69. The minimum Gasteiger partial charge on any atom is -0.308 e. The largest absolute Gasteiger partial charge is 0.308 e. The summed E-state index contributed by atoms with van der Waals surface area (Å²) in [6, 6.07) is 6.81. The van der Waals surface area contributed by atoms with E-state index in [4.69, 9.17) is 5.26 Å². The van der Waals surface area contributed by atoms with E-state index in [-0.39, 0.29) is 0 Å². The Labute approximate surface area is 89.6 Å². The summed E-state index contributed by atoms with van der Waals surface area (Å²) in [5, 5.41) is 12.0. The van der Waals surface area contributed by atoms with Gasteiger partial charge in [0.2, 0.25) is 0 Å². The highest BCUT2D eigenvalue weighted by atomic mass is 32.1. The fourth-order valence-electron chi connectivity index (χ4n) is 1.30. The number of thiophene rings is 1. The molecule has 0 fully saturated rings. The minimum atomic E-state index is 0.336. The zero-order valence-corrected chi connectivity index (χ0v) is 9.53. The second-order valence-corrected chi connectivity index (χ2v) is 4.73. The normalized spacial score (nSPS) is 12.4. The lowest BCUT2D eigenvalue weighted by Gasteiger charge is -2.11. The van der Waals surface area contributed by atoms with Crippen molar-refractivity contribution in [2.24, 2.45) is 0 Å². The molecule has 1 aromatic heterocycles. The Morgan fingerprint density at radius 1 is 1.57 bits per heavy atom. The van der Waals surface area contributed by atoms with Gasteiger partial charge in [0.05, 0.1) is 12.5 Å². The molecule has 1 aromatic rings. The number of nitriles is 1. The molecule has 0 spiro atoms. The molecule has 14 heavy (non-hydrogen) atoms. The molecule has 1 heterocycles. The summed E-state index contributed by atoms with van der Waals surface area (Å²) >= 11 is 1.81. The van der Waals surface area contributed by atoms with Crippen LogP contribution in [0.25, 0.3) is 0 Å². The van der Waals surface area contributed by atoms with Crippen molar-refractivity contribution in [2.45, 2.75) is 39.3 Å². The summed E-state index contributed by atoms with van der Waals surface area (Å²) in [6.07, 6.45) is 1.61. The van der Waals surface area contributed by atoms with E-state index in [1.165, 1.54) is 9.75 Å². The zero-order chi connectivity index (χ0) is 10.4. The van der Waals surface area contributed by atoms with Gasteiger partial charge in [0.25, 0.3) is 0 Å². The molecular formula is C11H16N2S. The van der Waals surface area contributed by atoms with Crippen molar-refractivity contribution in [1.82, 2.24) is 5.32 Å². The van der Waals surface area contributed by atoms with E-state index >= 15 is 0 Å². The molecule has 1 rings (SSSR count). The van der Waals surface area contributed by atoms with Crippen molar-refractivity contribution >= 4 is 11.3 Å². The van der Waals surface area contributed by atoms with Crippen molar-refractivity contribution in [3.63, 3.8) is 0 Å². The van der Waals surface area contributed by atoms with Crippen LogP contribution in [0.1, 0.15) is 29.5 Å². The van der Waals surface area contributed by atoms with Gasteiger partial charge in [-0.15, -0.1) is 11.3 Å². The number of aryl methyl sites for hydroxylation is 1. The van der Waals surface area contributed by atoms with Gasteiger partial charge in [0, 0.05) is 22.3 Å². The van der Waals surface area contributed by atoms with Gasteiger partial charge in [-0.2, -0.15) is 5.26 Å². The number of hydrogen-bond donors (Lipinski definition) is 1. The Morgan fingerprint density at radius 3 is 2.86 bits per heavy atom. The smallest absolute Gasteiger partial charge is 0.0638 e. The summed E-state index contributed by atoms with van der Waals surface area (Å²) < 4.78 is 0. The predicted octanol–water partition coefficient (Wildman–Crippen LogP) is 2.84. The van der Waals surface area contributed by atoms with Crippen LogP contribution in [0.3, 0.4) is 0 Å². The highest BCUT2D eigenvalue weighted by Gasteiger charge is 2.04. The molecule has 1 atom stereocenters. The molecule has 0 bridgehead atoms. The molecule has 0 amide bonds. The second-order valence-electron chi connectivity index (χ2n) is 3.36. The van der Waals surface area contributed by atoms with Crippen molar-refractivity contribution in [1.29, 1.82) is 5.26 Å². The third-order valence-corrected chi connectivity index (χ3v) is 3.19. The number of hydrogen-bond acceptors (Lipinski definition) is 3. The van der Waals surface area contributed by atoms with E-state index < -0.39 is 0 Å². The molecule has 1 unspecified atom stereocenters. The Bertz CT molecular complexity index is 311. The average molecular weight is 208 g/mol. The van der Waals surface area contributed by atoms with Crippen molar-refractivity contribution < 1.29 is 0 Å². The first kappa shape index (κ1) is 11.2. The van der Waals surface area contributed by atoms with Crippen LogP contribution < -0.4 is 5.32 Å². The molecule has 0 saturated carbocycles. The van der Waals surface area contributed by atoms with Crippen LogP contribution in [0.5, 0.6) is 0 Å². The van der Waals surface area contributed by atoms with Crippen LogP contribution >= 0.6 is 11.3 Å². The number of rotatable bonds is 5. The molecular weight excluding hydrogens is 192 g/mol.